The van der Waals surface area contributed by atoms with Crippen molar-refractivity contribution in [2.45, 2.75) is 0 Å². The number of ether oxygens (including phenoxy) is 2. The van der Waals surface area contributed by atoms with Crippen LogP contribution in [0.5, 0.6) is 11.5 Å². The molecule has 0 amide bonds. The Hall–Kier alpha value is -1.07. The van der Waals surface area contributed by atoms with Gasteiger partial charge in [0.25, 0.3) is 0 Å². The molecule has 1 aromatic heterocycles. The summed E-state index contributed by atoms with van der Waals surface area (Å²) in [6.07, 6.45) is 0. The number of rotatable bonds is 1. The van der Waals surface area contributed by atoms with Gasteiger partial charge in [0.1, 0.15) is 0 Å². The van der Waals surface area contributed by atoms with Crippen molar-refractivity contribution in [3.63, 3.8) is 0 Å². The Morgan fingerprint density at radius 2 is 2.07 bits per heavy atom. The van der Waals surface area contributed by atoms with Crippen LogP contribution in [0.4, 0.5) is 0 Å². The van der Waals surface area contributed by atoms with Crippen molar-refractivity contribution in [2.24, 2.45) is 0 Å². The molecule has 15 heavy (non-hydrogen) atoms. The van der Waals surface area contributed by atoms with Crippen molar-refractivity contribution in [3.05, 3.63) is 27.5 Å². The first-order valence-electron chi connectivity index (χ1n) is 4.32. The second-order valence-electron chi connectivity index (χ2n) is 3.06. The fraction of sp³-hybridized carbons (Fsp3) is 0.100. The van der Waals surface area contributed by atoms with Gasteiger partial charge in [-0.3, -0.25) is 0 Å². The topological polar surface area (TPSA) is 31.4 Å². The average molecular weight is 284 g/mol. The Kier molecular flexibility index (Phi) is 2.14. The Labute approximate surface area is 98.8 Å². The first-order chi connectivity index (χ1) is 7.34. The predicted molar refractivity (Wildman–Crippen MR) is 61.4 cm³/mol. The summed E-state index contributed by atoms with van der Waals surface area (Å²) in [6.45, 7) is 0.294. The number of thiazole rings is 1. The summed E-state index contributed by atoms with van der Waals surface area (Å²) in [5.74, 6) is 1.56. The van der Waals surface area contributed by atoms with E-state index in [1.54, 1.807) is 11.3 Å². The van der Waals surface area contributed by atoms with Gasteiger partial charge in [0.2, 0.25) is 6.79 Å². The van der Waals surface area contributed by atoms with Crippen LogP contribution in [0.1, 0.15) is 0 Å². The highest BCUT2D eigenvalue weighted by molar-refractivity contribution is 9.10. The van der Waals surface area contributed by atoms with Crippen LogP contribution >= 0.6 is 27.3 Å². The molecular formula is C10H6BrNO2S. The van der Waals surface area contributed by atoms with Crippen LogP contribution in [-0.2, 0) is 0 Å². The van der Waals surface area contributed by atoms with Gasteiger partial charge in [0, 0.05) is 15.4 Å². The maximum absolute atomic E-state index is 5.32. The smallest absolute Gasteiger partial charge is 0.231 e. The average Bonchev–Trinajstić information content (AvgIpc) is 2.85. The van der Waals surface area contributed by atoms with Gasteiger partial charge in [-0.1, -0.05) is 0 Å². The third-order valence-electron chi connectivity index (χ3n) is 2.17. The lowest BCUT2D eigenvalue weighted by atomic mass is 10.1. The molecule has 0 spiro atoms. The van der Waals surface area contributed by atoms with Crippen molar-refractivity contribution >= 4 is 27.3 Å². The third-order valence-corrected chi connectivity index (χ3v) is 3.41. The number of hydrogen-bond donors (Lipinski definition) is 0. The molecule has 5 heteroatoms. The highest BCUT2D eigenvalue weighted by atomic mass is 79.9. The van der Waals surface area contributed by atoms with Crippen LogP contribution in [-0.4, -0.2) is 11.8 Å². The summed E-state index contributed by atoms with van der Waals surface area (Å²) in [5.41, 5.74) is 3.79. The largest absolute Gasteiger partial charge is 0.454 e. The highest BCUT2D eigenvalue weighted by Crippen LogP contribution is 2.40. The van der Waals surface area contributed by atoms with Gasteiger partial charge < -0.3 is 9.47 Å². The molecule has 0 unspecified atom stereocenters. The molecule has 0 radical (unpaired) electrons. The molecule has 3 nitrogen and oxygen atoms in total. The van der Waals surface area contributed by atoms with E-state index in [0.717, 1.165) is 27.2 Å². The lowest BCUT2D eigenvalue weighted by Crippen LogP contribution is -1.92. The van der Waals surface area contributed by atoms with Gasteiger partial charge in [-0.15, -0.1) is 11.3 Å². The SMILES string of the molecule is Brc1cc2c(cc1-c1cscn1)OCO2. The van der Waals surface area contributed by atoms with Crippen molar-refractivity contribution in [1.29, 1.82) is 0 Å². The fourth-order valence-electron chi connectivity index (χ4n) is 1.46. The van der Waals surface area contributed by atoms with Crippen LogP contribution in [0.2, 0.25) is 0 Å². The first kappa shape index (κ1) is 9.18. The van der Waals surface area contributed by atoms with E-state index < -0.39 is 0 Å². The molecule has 1 aromatic carbocycles. The molecule has 0 bridgehead atoms. The van der Waals surface area contributed by atoms with Gasteiger partial charge in [0.05, 0.1) is 11.2 Å². The van der Waals surface area contributed by atoms with E-state index in [2.05, 4.69) is 20.9 Å². The van der Waals surface area contributed by atoms with E-state index in [4.69, 9.17) is 9.47 Å². The summed E-state index contributed by atoms with van der Waals surface area (Å²) in [7, 11) is 0. The maximum atomic E-state index is 5.32. The molecule has 2 heterocycles. The third kappa shape index (κ3) is 1.52. The summed E-state index contributed by atoms with van der Waals surface area (Å²) in [6, 6.07) is 3.86. The van der Waals surface area contributed by atoms with E-state index in [1.807, 2.05) is 23.0 Å². The summed E-state index contributed by atoms with van der Waals surface area (Å²) >= 11 is 5.07. The molecule has 0 saturated heterocycles. The Bertz CT molecular complexity index is 498. The minimum Gasteiger partial charge on any atom is -0.454 e. The second kappa shape index (κ2) is 3.50. The predicted octanol–water partition coefficient (Wildman–Crippen LogP) is 3.30. The molecule has 0 aliphatic carbocycles. The fourth-order valence-corrected chi connectivity index (χ4v) is 2.54. The van der Waals surface area contributed by atoms with Gasteiger partial charge in [-0.2, -0.15) is 0 Å². The number of aromatic nitrogens is 1. The number of nitrogens with zero attached hydrogens (tertiary/aromatic N) is 1. The molecule has 1 aliphatic rings. The molecule has 76 valence electrons. The highest BCUT2D eigenvalue weighted by Gasteiger charge is 2.17. The molecular weight excluding hydrogens is 278 g/mol. The second-order valence-corrected chi connectivity index (χ2v) is 4.63. The van der Waals surface area contributed by atoms with Crippen LogP contribution in [0.25, 0.3) is 11.3 Å². The number of fused-ring (bicyclic) bond motifs is 1. The van der Waals surface area contributed by atoms with Crippen LogP contribution in [0.15, 0.2) is 27.5 Å². The normalized spacial score (nSPS) is 13.1. The Balaban J connectivity index is 2.17. The lowest BCUT2D eigenvalue weighted by Gasteiger charge is -2.03. The zero-order valence-corrected chi connectivity index (χ0v) is 9.97. The number of hydrogen-bond acceptors (Lipinski definition) is 4. The number of halogens is 1. The minimum absolute atomic E-state index is 0.294. The van der Waals surface area contributed by atoms with Crippen LogP contribution in [0, 0.1) is 0 Å². The standard InChI is InChI=1S/C10H6BrNO2S/c11-7-2-10-9(13-5-14-10)1-6(7)8-3-15-4-12-8/h1-4H,5H2. The van der Waals surface area contributed by atoms with E-state index in [0.29, 0.717) is 6.79 Å². The molecule has 3 rings (SSSR count). The van der Waals surface area contributed by atoms with Crippen molar-refractivity contribution in [3.8, 4) is 22.8 Å². The monoisotopic (exact) mass is 283 g/mol. The van der Waals surface area contributed by atoms with E-state index >= 15 is 0 Å². The minimum atomic E-state index is 0.294. The van der Waals surface area contributed by atoms with E-state index in [9.17, 15) is 0 Å². The molecule has 0 N–H and O–H groups in total. The van der Waals surface area contributed by atoms with Gasteiger partial charge in [0.15, 0.2) is 11.5 Å². The zero-order valence-electron chi connectivity index (χ0n) is 7.57. The maximum Gasteiger partial charge on any atom is 0.231 e. The van der Waals surface area contributed by atoms with Crippen LogP contribution < -0.4 is 9.47 Å². The van der Waals surface area contributed by atoms with Gasteiger partial charge >= 0.3 is 0 Å². The van der Waals surface area contributed by atoms with Gasteiger partial charge in [-0.05, 0) is 28.1 Å². The van der Waals surface area contributed by atoms with Crippen LogP contribution in [0.3, 0.4) is 0 Å². The molecule has 1 aliphatic heterocycles. The quantitative estimate of drug-likeness (QED) is 0.805. The Morgan fingerprint density at radius 1 is 1.27 bits per heavy atom. The van der Waals surface area contributed by atoms with Crippen molar-refractivity contribution < 1.29 is 9.47 Å². The molecule has 0 saturated carbocycles. The summed E-state index contributed by atoms with van der Waals surface area (Å²) in [5, 5.41) is 2.00. The molecule has 2 aromatic rings. The van der Waals surface area contributed by atoms with Crippen molar-refractivity contribution in [2.75, 3.05) is 6.79 Å². The summed E-state index contributed by atoms with van der Waals surface area (Å²) in [4.78, 5) is 4.26. The first-order valence-corrected chi connectivity index (χ1v) is 6.06. The van der Waals surface area contributed by atoms with Crippen molar-refractivity contribution in [1.82, 2.24) is 4.98 Å². The zero-order chi connectivity index (χ0) is 10.3. The Morgan fingerprint density at radius 3 is 2.80 bits per heavy atom. The van der Waals surface area contributed by atoms with E-state index in [1.165, 1.54) is 0 Å². The number of benzene rings is 1. The molecule has 0 atom stereocenters. The molecule has 0 fully saturated rings. The lowest BCUT2D eigenvalue weighted by molar-refractivity contribution is 0.174. The summed E-state index contributed by atoms with van der Waals surface area (Å²) < 4.78 is 11.6. The van der Waals surface area contributed by atoms with Gasteiger partial charge in [-0.25, -0.2) is 4.98 Å². The van der Waals surface area contributed by atoms with E-state index in [-0.39, 0.29) is 0 Å².